The number of nitrogens with zero attached hydrogens (tertiary/aromatic N) is 1. The standard InChI is InChI=1S/C21H20ClIN2O4/c1-2-3-4-17(21(28)29)25-18(12-5-7-13(22)8-6-12)19(26)24-16-10-9-14(23)11-15(16)20(25)27/h5-11,17-18H,2-4H2,1H3,(H,24,26)(H,28,29)/t17-,18-/m0/s1. The Balaban J connectivity index is 2.18. The van der Waals surface area contributed by atoms with Crippen LogP contribution in [-0.2, 0) is 9.59 Å². The van der Waals surface area contributed by atoms with Gasteiger partial charge in [-0.05, 0) is 64.9 Å². The zero-order valence-electron chi connectivity index (χ0n) is 15.7. The number of anilines is 1. The zero-order valence-corrected chi connectivity index (χ0v) is 18.6. The Morgan fingerprint density at radius 3 is 2.55 bits per heavy atom. The molecule has 2 aromatic rings. The molecule has 2 atom stereocenters. The number of hydrogen-bond donors (Lipinski definition) is 2. The molecule has 0 spiro atoms. The van der Waals surface area contributed by atoms with Gasteiger partial charge in [0, 0.05) is 8.59 Å². The van der Waals surface area contributed by atoms with Crippen molar-refractivity contribution in [3.63, 3.8) is 0 Å². The van der Waals surface area contributed by atoms with Crippen LogP contribution in [0.1, 0.15) is 48.1 Å². The number of aliphatic carboxylic acids is 1. The fourth-order valence-electron chi connectivity index (χ4n) is 3.44. The van der Waals surface area contributed by atoms with Crippen LogP contribution >= 0.6 is 34.2 Å². The van der Waals surface area contributed by atoms with E-state index >= 15 is 0 Å². The summed E-state index contributed by atoms with van der Waals surface area (Å²) >= 11 is 8.06. The van der Waals surface area contributed by atoms with E-state index in [0.717, 1.165) is 9.99 Å². The lowest BCUT2D eigenvalue weighted by atomic mass is 9.99. The quantitative estimate of drug-likeness (QED) is 0.533. The van der Waals surface area contributed by atoms with E-state index in [-0.39, 0.29) is 12.0 Å². The van der Waals surface area contributed by atoms with Crippen LogP contribution in [-0.4, -0.2) is 33.8 Å². The van der Waals surface area contributed by atoms with Crippen LogP contribution < -0.4 is 5.32 Å². The molecular weight excluding hydrogens is 507 g/mol. The molecule has 0 radical (unpaired) electrons. The number of hydrogen-bond acceptors (Lipinski definition) is 3. The molecule has 2 aromatic carbocycles. The number of amides is 2. The average molecular weight is 527 g/mol. The van der Waals surface area contributed by atoms with E-state index in [1.807, 2.05) is 6.92 Å². The first-order valence-corrected chi connectivity index (χ1v) is 10.7. The lowest BCUT2D eigenvalue weighted by Gasteiger charge is -2.34. The van der Waals surface area contributed by atoms with Crippen LogP contribution in [0.4, 0.5) is 5.69 Å². The van der Waals surface area contributed by atoms with Crippen molar-refractivity contribution in [2.75, 3.05) is 5.32 Å². The van der Waals surface area contributed by atoms with Gasteiger partial charge < -0.3 is 15.3 Å². The molecule has 1 heterocycles. The molecule has 0 aliphatic carbocycles. The summed E-state index contributed by atoms with van der Waals surface area (Å²) in [6, 6.07) is 9.43. The van der Waals surface area contributed by atoms with Gasteiger partial charge >= 0.3 is 5.97 Å². The molecule has 152 valence electrons. The van der Waals surface area contributed by atoms with Gasteiger partial charge in [0.25, 0.3) is 11.8 Å². The number of carbonyl (C=O) groups excluding carboxylic acids is 2. The maximum Gasteiger partial charge on any atom is 0.326 e. The summed E-state index contributed by atoms with van der Waals surface area (Å²) in [6.07, 6.45) is 1.65. The van der Waals surface area contributed by atoms with Gasteiger partial charge in [-0.15, -0.1) is 0 Å². The molecule has 3 rings (SSSR count). The largest absolute Gasteiger partial charge is 0.480 e. The average Bonchev–Trinajstić information content (AvgIpc) is 2.78. The molecule has 0 unspecified atom stereocenters. The fraction of sp³-hybridized carbons (Fsp3) is 0.286. The maximum atomic E-state index is 13.5. The third kappa shape index (κ3) is 4.56. The Hall–Kier alpha value is -2.13. The van der Waals surface area contributed by atoms with Gasteiger partial charge in [-0.3, -0.25) is 9.59 Å². The number of carboxylic acids is 1. The van der Waals surface area contributed by atoms with Crippen LogP contribution in [0.15, 0.2) is 42.5 Å². The summed E-state index contributed by atoms with van der Waals surface area (Å²) in [7, 11) is 0. The summed E-state index contributed by atoms with van der Waals surface area (Å²) in [5.41, 5.74) is 1.16. The molecule has 0 fully saturated rings. The third-order valence-corrected chi connectivity index (χ3v) is 5.79. The number of nitrogens with one attached hydrogen (secondary N) is 1. The minimum Gasteiger partial charge on any atom is -0.480 e. The molecule has 1 aliphatic rings. The molecule has 8 heteroatoms. The van der Waals surface area contributed by atoms with Crippen molar-refractivity contribution in [1.82, 2.24) is 4.90 Å². The fourth-order valence-corrected chi connectivity index (χ4v) is 4.06. The summed E-state index contributed by atoms with van der Waals surface area (Å²) in [4.78, 5) is 40.0. The van der Waals surface area contributed by atoms with E-state index in [0.29, 0.717) is 22.7 Å². The van der Waals surface area contributed by atoms with Gasteiger partial charge in [0.05, 0.1) is 11.3 Å². The third-order valence-electron chi connectivity index (χ3n) is 4.87. The molecule has 2 amide bonds. The Morgan fingerprint density at radius 2 is 1.93 bits per heavy atom. The topological polar surface area (TPSA) is 86.7 Å². The molecule has 0 bridgehead atoms. The van der Waals surface area contributed by atoms with E-state index in [1.165, 1.54) is 4.90 Å². The summed E-state index contributed by atoms with van der Waals surface area (Å²) in [6.45, 7) is 1.95. The number of carboxylic acid groups (broad SMARTS) is 1. The highest BCUT2D eigenvalue weighted by molar-refractivity contribution is 14.1. The number of halogens is 2. The SMILES string of the molecule is CCCC[C@@H](C(=O)O)N1C(=O)c2cc(I)ccc2NC(=O)[C@@H]1c1ccc(Cl)cc1. The Bertz CT molecular complexity index is 948. The van der Waals surface area contributed by atoms with Crippen LogP contribution in [0, 0.1) is 3.57 Å². The predicted molar refractivity (Wildman–Crippen MR) is 119 cm³/mol. The van der Waals surface area contributed by atoms with E-state index in [1.54, 1.807) is 42.5 Å². The van der Waals surface area contributed by atoms with Crippen molar-refractivity contribution >= 4 is 57.7 Å². The van der Waals surface area contributed by atoms with E-state index in [2.05, 4.69) is 27.9 Å². The van der Waals surface area contributed by atoms with Crippen molar-refractivity contribution in [2.45, 2.75) is 38.3 Å². The van der Waals surface area contributed by atoms with Crippen molar-refractivity contribution in [1.29, 1.82) is 0 Å². The summed E-state index contributed by atoms with van der Waals surface area (Å²) < 4.78 is 0.814. The van der Waals surface area contributed by atoms with Gasteiger partial charge in [-0.2, -0.15) is 0 Å². The van der Waals surface area contributed by atoms with E-state index in [4.69, 9.17) is 11.6 Å². The second kappa shape index (κ2) is 9.13. The lowest BCUT2D eigenvalue weighted by Crippen LogP contribution is -2.49. The minimum atomic E-state index is -1.13. The molecule has 1 aliphatic heterocycles. The summed E-state index contributed by atoms with van der Waals surface area (Å²) in [5, 5.41) is 13.2. The van der Waals surface area contributed by atoms with Crippen LogP contribution in [0.25, 0.3) is 0 Å². The molecule has 2 N–H and O–H groups in total. The molecule has 0 saturated heterocycles. The predicted octanol–water partition coefficient (Wildman–Crippen LogP) is 4.72. The second-order valence-electron chi connectivity index (χ2n) is 6.84. The Morgan fingerprint density at radius 1 is 1.24 bits per heavy atom. The minimum absolute atomic E-state index is 0.258. The van der Waals surface area contributed by atoms with Crippen molar-refractivity contribution in [3.05, 3.63) is 62.2 Å². The first-order chi connectivity index (χ1) is 13.8. The Labute approximate surface area is 187 Å². The molecule has 29 heavy (non-hydrogen) atoms. The highest BCUT2D eigenvalue weighted by atomic mass is 127. The van der Waals surface area contributed by atoms with Crippen LogP contribution in [0.3, 0.4) is 0 Å². The molecule has 6 nitrogen and oxygen atoms in total. The van der Waals surface area contributed by atoms with Crippen molar-refractivity contribution < 1.29 is 19.5 Å². The molecular formula is C21H20ClIN2O4. The number of rotatable bonds is 6. The lowest BCUT2D eigenvalue weighted by molar-refractivity contribution is -0.144. The first-order valence-electron chi connectivity index (χ1n) is 9.24. The highest BCUT2D eigenvalue weighted by Gasteiger charge is 2.42. The zero-order chi connectivity index (χ0) is 21.1. The highest BCUT2D eigenvalue weighted by Crippen LogP contribution is 2.34. The first kappa shape index (κ1) is 21.6. The van der Waals surface area contributed by atoms with Gasteiger partial charge in [-0.25, -0.2) is 4.79 Å². The van der Waals surface area contributed by atoms with Gasteiger partial charge in [-0.1, -0.05) is 43.5 Å². The van der Waals surface area contributed by atoms with Gasteiger partial charge in [0.15, 0.2) is 0 Å². The molecule has 0 aromatic heterocycles. The van der Waals surface area contributed by atoms with Crippen molar-refractivity contribution in [2.24, 2.45) is 0 Å². The Kier molecular flexibility index (Phi) is 6.79. The number of carbonyl (C=O) groups is 3. The smallest absolute Gasteiger partial charge is 0.326 e. The summed E-state index contributed by atoms with van der Waals surface area (Å²) in [5.74, 6) is -2.07. The maximum absolute atomic E-state index is 13.5. The van der Waals surface area contributed by atoms with Crippen LogP contribution in [0.5, 0.6) is 0 Å². The number of unbranched alkanes of at least 4 members (excludes halogenated alkanes) is 1. The molecule has 0 saturated carbocycles. The number of benzene rings is 2. The normalized spacial score (nSPS) is 17.3. The monoisotopic (exact) mass is 526 g/mol. The van der Waals surface area contributed by atoms with E-state index < -0.39 is 29.9 Å². The van der Waals surface area contributed by atoms with Crippen molar-refractivity contribution in [3.8, 4) is 0 Å². The number of fused-ring (bicyclic) bond motifs is 1. The van der Waals surface area contributed by atoms with E-state index in [9.17, 15) is 19.5 Å². The van der Waals surface area contributed by atoms with Gasteiger partial charge in [0.1, 0.15) is 12.1 Å². The van der Waals surface area contributed by atoms with Gasteiger partial charge in [0.2, 0.25) is 0 Å². The second-order valence-corrected chi connectivity index (χ2v) is 8.52. The van der Waals surface area contributed by atoms with Crippen LogP contribution in [0.2, 0.25) is 5.02 Å².